The first-order chi connectivity index (χ1) is 19.2. The molecule has 5 unspecified atom stereocenters. The van der Waals surface area contributed by atoms with E-state index in [2.05, 4.69) is 15.9 Å². The fourth-order valence-electron chi connectivity index (χ4n) is 6.09. The van der Waals surface area contributed by atoms with Gasteiger partial charge in [0.05, 0.1) is 11.9 Å². The molecule has 9 heteroatoms. The molecule has 4 rings (SSSR count). The Kier molecular flexibility index (Phi) is 10.2. The molecule has 0 saturated heterocycles. The normalized spacial score (nSPS) is 19.4. The lowest BCUT2D eigenvalue weighted by atomic mass is 9.85. The summed E-state index contributed by atoms with van der Waals surface area (Å²) in [5.41, 5.74) is 2.08. The van der Waals surface area contributed by atoms with Gasteiger partial charge in [0, 0.05) is 34.9 Å². The highest BCUT2D eigenvalue weighted by Crippen LogP contribution is 2.21. The second-order valence-corrected chi connectivity index (χ2v) is 11.5. The molecule has 5 atom stereocenters. The number of aromatic hydroxyl groups is 2. The van der Waals surface area contributed by atoms with Crippen LogP contribution >= 0.6 is 15.9 Å². The fourth-order valence-corrected chi connectivity index (χ4v) is 6.36. The SMILES string of the molecule is O=C([O-])C[NH+](Cc1ccccc1O)C1CCCCC1[NH+](Cc1ccccc1O)C(Cc1ccc(Br)cc1)C(=O)[O-]. The molecule has 0 bridgehead atoms. The van der Waals surface area contributed by atoms with Crippen molar-refractivity contribution >= 4 is 27.9 Å². The number of hydrogen-bond acceptors (Lipinski definition) is 6. The van der Waals surface area contributed by atoms with Crippen molar-refractivity contribution in [3.8, 4) is 11.5 Å². The molecular weight excluding hydrogens is 576 g/mol. The largest absolute Gasteiger partial charge is 0.544 e. The number of benzene rings is 3. The van der Waals surface area contributed by atoms with Crippen molar-refractivity contribution in [2.24, 2.45) is 0 Å². The summed E-state index contributed by atoms with van der Waals surface area (Å²) in [5, 5.41) is 45.7. The maximum absolute atomic E-state index is 12.8. The van der Waals surface area contributed by atoms with Gasteiger partial charge >= 0.3 is 0 Å². The minimum absolute atomic E-state index is 0.0845. The Hall–Kier alpha value is -3.40. The highest BCUT2D eigenvalue weighted by molar-refractivity contribution is 9.10. The number of para-hydroxylation sites is 2. The van der Waals surface area contributed by atoms with Crippen LogP contribution in [0.1, 0.15) is 42.4 Å². The third-order valence-corrected chi connectivity index (χ3v) is 8.55. The number of carboxylic acids is 2. The van der Waals surface area contributed by atoms with Crippen LogP contribution in [0.2, 0.25) is 0 Å². The predicted octanol–water partition coefficient (Wildman–Crippen LogP) is -0.247. The smallest absolute Gasteiger partial charge is 0.141 e. The number of phenolic OH excluding ortho intramolecular Hbond substituents is 2. The van der Waals surface area contributed by atoms with Crippen LogP contribution in [-0.2, 0) is 29.1 Å². The van der Waals surface area contributed by atoms with Gasteiger partial charge in [0.1, 0.15) is 49.3 Å². The van der Waals surface area contributed by atoms with Crippen molar-refractivity contribution in [2.45, 2.75) is 63.3 Å². The molecule has 0 aliphatic heterocycles. The van der Waals surface area contributed by atoms with Crippen molar-refractivity contribution in [1.82, 2.24) is 0 Å². The van der Waals surface area contributed by atoms with E-state index in [0.29, 0.717) is 28.9 Å². The molecule has 0 spiro atoms. The Morgan fingerprint density at radius 2 is 1.38 bits per heavy atom. The minimum atomic E-state index is -1.21. The van der Waals surface area contributed by atoms with Crippen LogP contribution < -0.4 is 20.0 Å². The molecule has 8 nitrogen and oxygen atoms in total. The number of halogens is 1. The summed E-state index contributed by atoms with van der Waals surface area (Å²) < 4.78 is 0.887. The van der Waals surface area contributed by atoms with E-state index < -0.39 is 18.0 Å². The first kappa shape index (κ1) is 29.6. The monoisotopic (exact) mass is 610 g/mol. The summed E-state index contributed by atoms with van der Waals surface area (Å²) >= 11 is 3.42. The van der Waals surface area contributed by atoms with Crippen molar-refractivity contribution < 1.29 is 39.8 Å². The highest BCUT2D eigenvalue weighted by atomic mass is 79.9. The van der Waals surface area contributed by atoms with Crippen molar-refractivity contribution in [2.75, 3.05) is 6.54 Å². The molecule has 3 aromatic rings. The van der Waals surface area contributed by atoms with Crippen LogP contribution in [0.3, 0.4) is 0 Å². The average Bonchev–Trinajstić information content (AvgIpc) is 2.93. The molecule has 1 saturated carbocycles. The van der Waals surface area contributed by atoms with Gasteiger partial charge in [-0.2, -0.15) is 0 Å². The molecule has 0 amide bonds. The number of carbonyl (C=O) groups is 2. The van der Waals surface area contributed by atoms with Crippen LogP contribution in [0.5, 0.6) is 11.5 Å². The number of quaternary nitrogens is 2. The summed E-state index contributed by atoms with van der Waals surface area (Å²) in [4.78, 5) is 26.1. The number of hydrogen-bond donors (Lipinski definition) is 4. The molecule has 4 N–H and O–H groups in total. The molecule has 0 heterocycles. The van der Waals surface area contributed by atoms with E-state index in [-0.39, 0.29) is 49.6 Å². The Morgan fingerprint density at radius 3 is 1.93 bits per heavy atom. The van der Waals surface area contributed by atoms with Crippen molar-refractivity contribution in [3.63, 3.8) is 0 Å². The maximum atomic E-state index is 12.8. The topological polar surface area (TPSA) is 130 Å². The number of rotatable bonds is 12. The van der Waals surface area contributed by atoms with Gasteiger partial charge in [0.15, 0.2) is 0 Å². The molecule has 3 aromatic carbocycles. The van der Waals surface area contributed by atoms with Crippen molar-refractivity contribution in [1.29, 1.82) is 0 Å². The van der Waals surface area contributed by atoms with E-state index in [9.17, 15) is 30.0 Å². The lowest BCUT2D eigenvalue weighted by molar-refractivity contribution is -1.01. The number of phenols is 2. The van der Waals surface area contributed by atoms with Gasteiger partial charge in [0.25, 0.3) is 0 Å². The molecule has 1 aliphatic carbocycles. The van der Waals surface area contributed by atoms with Gasteiger partial charge in [-0.1, -0.05) is 52.3 Å². The number of nitrogens with one attached hydrogen (secondary N) is 2. The highest BCUT2D eigenvalue weighted by Gasteiger charge is 2.43. The van der Waals surface area contributed by atoms with E-state index in [4.69, 9.17) is 0 Å². The predicted molar refractivity (Wildman–Crippen MR) is 148 cm³/mol. The first-order valence-electron chi connectivity index (χ1n) is 13.6. The summed E-state index contributed by atoms with van der Waals surface area (Å²) in [6.45, 7) is 0.217. The second-order valence-electron chi connectivity index (χ2n) is 10.6. The van der Waals surface area contributed by atoms with Crippen LogP contribution in [0.25, 0.3) is 0 Å². The Labute approximate surface area is 242 Å². The van der Waals surface area contributed by atoms with Crippen molar-refractivity contribution in [3.05, 3.63) is 94.0 Å². The molecule has 1 fully saturated rings. The van der Waals surface area contributed by atoms with Crippen LogP contribution in [-0.4, -0.2) is 46.8 Å². The van der Waals surface area contributed by atoms with E-state index in [1.165, 1.54) is 0 Å². The summed E-state index contributed by atoms with van der Waals surface area (Å²) in [5.74, 6) is -2.23. The molecule has 0 aromatic heterocycles. The zero-order valence-electron chi connectivity index (χ0n) is 22.2. The van der Waals surface area contributed by atoms with E-state index in [1.807, 2.05) is 24.3 Å². The summed E-state index contributed by atoms with van der Waals surface area (Å²) in [6, 6.07) is 19.8. The fraction of sp³-hybridized carbons (Fsp3) is 0.355. The lowest BCUT2D eigenvalue weighted by Crippen LogP contribution is -3.28. The maximum Gasteiger partial charge on any atom is 0.141 e. The molecule has 40 heavy (non-hydrogen) atoms. The van der Waals surface area contributed by atoms with Gasteiger partial charge in [-0.25, -0.2) is 0 Å². The Balaban J connectivity index is 1.74. The van der Waals surface area contributed by atoms with Gasteiger partial charge in [-0.3, -0.25) is 0 Å². The zero-order valence-corrected chi connectivity index (χ0v) is 23.8. The van der Waals surface area contributed by atoms with Gasteiger partial charge < -0.3 is 39.8 Å². The Bertz CT molecular complexity index is 1300. The molecular formula is C31H35BrN2O6. The Morgan fingerprint density at radius 1 is 0.825 bits per heavy atom. The molecule has 212 valence electrons. The summed E-state index contributed by atoms with van der Waals surface area (Å²) in [6.07, 6.45) is 3.36. The molecule has 0 radical (unpaired) electrons. The standard InChI is InChI=1S/C31H35BrN2O6/c32-24-15-13-21(14-16-24)17-27(31(39)40)34(19-23-8-2-6-12-29(23)36)26-10-4-3-9-25(26)33(20-30(37)38)18-22-7-1-5-11-28(22)35/h1-2,5-8,11-16,25-27,35-36H,3-4,9-10,17-20H2,(H,37,38)(H,39,40). The lowest BCUT2D eigenvalue weighted by Gasteiger charge is -2.43. The zero-order chi connectivity index (χ0) is 28.6. The van der Waals surface area contributed by atoms with Gasteiger partial charge in [-0.05, 0) is 54.8 Å². The second kappa shape index (κ2) is 13.8. The number of aliphatic carboxylic acids is 2. The van der Waals surface area contributed by atoms with Gasteiger partial charge in [-0.15, -0.1) is 0 Å². The third-order valence-electron chi connectivity index (χ3n) is 8.02. The van der Waals surface area contributed by atoms with Crippen LogP contribution in [0, 0.1) is 0 Å². The van der Waals surface area contributed by atoms with Crippen LogP contribution in [0.4, 0.5) is 0 Å². The summed E-state index contributed by atoms with van der Waals surface area (Å²) in [7, 11) is 0. The minimum Gasteiger partial charge on any atom is -0.544 e. The molecule has 1 aliphatic rings. The quantitative estimate of drug-likeness (QED) is 0.224. The van der Waals surface area contributed by atoms with E-state index >= 15 is 0 Å². The van der Waals surface area contributed by atoms with E-state index in [0.717, 1.165) is 27.8 Å². The van der Waals surface area contributed by atoms with Gasteiger partial charge in [0.2, 0.25) is 0 Å². The first-order valence-corrected chi connectivity index (χ1v) is 14.4. The number of carboxylic acid groups (broad SMARTS) is 2. The average molecular weight is 612 g/mol. The van der Waals surface area contributed by atoms with Crippen LogP contribution in [0.15, 0.2) is 77.3 Å². The third kappa shape index (κ3) is 7.62. The number of carbonyl (C=O) groups excluding carboxylic acids is 2. The van der Waals surface area contributed by atoms with E-state index in [1.54, 1.807) is 48.5 Å².